The fourth-order valence-electron chi connectivity index (χ4n) is 1.68. The van der Waals surface area contributed by atoms with E-state index in [0.717, 1.165) is 5.56 Å². The van der Waals surface area contributed by atoms with Crippen LogP contribution in [0, 0.1) is 0 Å². The van der Waals surface area contributed by atoms with E-state index in [1.165, 1.54) is 12.3 Å². The van der Waals surface area contributed by atoms with Crippen molar-refractivity contribution < 1.29 is 14.7 Å². The van der Waals surface area contributed by atoms with Gasteiger partial charge >= 0.3 is 6.03 Å². The van der Waals surface area contributed by atoms with Gasteiger partial charge < -0.3 is 21.1 Å². The van der Waals surface area contributed by atoms with Crippen LogP contribution in [0.3, 0.4) is 0 Å². The van der Waals surface area contributed by atoms with Gasteiger partial charge in [0.15, 0.2) is 6.23 Å². The zero-order valence-electron chi connectivity index (χ0n) is 11.7. The molecule has 4 N–H and O–H groups in total. The first-order chi connectivity index (χ1) is 10.6. The van der Waals surface area contributed by atoms with Gasteiger partial charge in [-0.25, -0.2) is 4.79 Å². The first kappa shape index (κ1) is 15.5. The zero-order valence-corrected chi connectivity index (χ0v) is 11.7. The molecule has 22 heavy (non-hydrogen) atoms. The SMILES string of the molecule is O=C(/C=C/c1cccnc1)NC/C=C/C1=CNC(=O)NC1O. The number of hydrogen-bond donors (Lipinski definition) is 4. The molecule has 0 fully saturated rings. The van der Waals surface area contributed by atoms with Gasteiger partial charge in [0.1, 0.15) is 0 Å². The molecule has 1 aromatic heterocycles. The van der Waals surface area contributed by atoms with Crippen molar-refractivity contribution in [3.8, 4) is 0 Å². The summed E-state index contributed by atoms with van der Waals surface area (Å²) in [6.45, 7) is 0.300. The second-order valence-electron chi connectivity index (χ2n) is 4.43. The Balaban J connectivity index is 1.76. The summed E-state index contributed by atoms with van der Waals surface area (Å²) in [7, 11) is 0. The third-order valence-corrected chi connectivity index (χ3v) is 2.77. The summed E-state index contributed by atoms with van der Waals surface area (Å²) in [6, 6.07) is 3.17. The minimum absolute atomic E-state index is 0.238. The molecule has 0 spiro atoms. The lowest BCUT2D eigenvalue weighted by molar-refractivity contribution is -0.116. The molecule has 0 saturated heterocycles. The van der Waals surface area contributed by atoms with Gasteiger partial charge in [-0.15, -0.1) is 0 Å². The van der Waals surface area contributed by atoms with Crippen molar-refractivity contribution in [2.75, 3.05) is 6.54 Å². The summed E-state index contributed by atoms with van der Waals surface area (Å²) in [6.07, 6.45) is 10.0. The van der Waals surface area contributed by atoms with Crippen LogP contribution in [0.2, 0.25) is 0 Å². The normalized spacial score (nSPS) is 18.0. The lowest BCUT2D eigenvalue weighted by atomic mass is 10.2. The number of nitrogens with zero attached hydrogens (tertiary/aromatic N) is 1. The molecule has 1 aromatic rings. The predicted molar refractivity (Wildman–Crippen MR) is 81.2 cm³/mol. The minimum atomic E-state index is -1.05. The molecule has 1 atom stereocenters. The maximum absolute atomic E-state index is 11.6. The second kappa shape index (κ2) is 7.75. The molecule has 1 aliphatic heterocycles. The average Bonchev–Trinajstić information content (AvgIpc) is 2.52. The molecule has 0 bridgehead atoms. The van der Waals surface area contributed by atoms with Gasteiger partial charge in [-0.1, -0.05) is 18.2 Å². The Hall–Kier alpha value is -2.93. The Morgan fingerprint density at radius 2 is 2.32 bits per heavy atom. The van der Waals surface area contributed by atoms with Crippen LogP contribution in [-0.2, 0) is 4.79 Å². The second-order valence-corrected chi connectivity index (χ2v) is 4.43. The number of aliphatic hydroxyl groups is 1. The van der Waals surface area contributed by atoms with Crippen molar-refractivity contribution in [2.45, 2.75) is 6.23 Å². The summed E-state index contributed by atoms with van der Waals surface area (Å²) in [5, 5.41) is 17.0. The molecular weight excluding hydrogens is 284 g/mol. The molecule has 0 radical (unpaired) electrons. The smallest absolute Gasteiger partial charge is 0.321 e. The van der Waals surface area contributed by atoms with Crippen LogP contribution < -0.4 is 16.0 Å². The van der Waals surface area contributed by atoms with Crippen LogP contribution in [0.15, 0.2) is 54.5 Å². The maximum Gasteiger partial charge on any atom is 0.321 e. The van der Waals surface area contributed by atoms with Gasteiger partial charge in [0, 0.05) is 36.8 Å². The van der Waals surface area contributed by atoms with Crippen molar-refractivity contribution >= 4 is 18.0 Å². The van der Waals surface area contributed by atoms with E-state index in [-0.39, 0.29) is 5.91 Å². The molecule has 1 unspecified atom stereocenters. The molecule has 7 heteroatoms. The molecule has 0 saturated carbocycles. The number of rotatable bonds is 5. The number of nitrogens with one attached hydrogen (secondary N) is 3. The lowest BCUT2D eigenvalue weighted by Crippen LogP contribution is -2.45. The molecule has 7 nitrogen and oxygen atoms in total. The summed E-state index contributed by atoms with van der Waals surface area (Å²) in [5.74, 6) is -0.238. The zero-order chi connectivity index (χ0) is 15.8. The number of hydrogen-bond acceptors (Lipinski definition) is 4. The van der Waals surface area contributed by atoms with Crippen LogP contribution in [-0.4, -0.2) is 34.8 Å². The quantitative estimate of drug-likeness (QED) is 0.586. The van der Waals surface area contributed by atoms with Crippen molar-refractivity contribution in [3.05, 3.63) is 60.1 Å². The molecule has 0 aliphatic carbocycles. The number of carbonyl (C=O) groups excluding carboxylic acids is 2. The summed E-state index contributed by atoms with van der Waals surface area (Å²) in [5.41, 5.74) is 1.34. The molecule has 2 heterocycles. The minimum Gasteiger partial charge on any atom is -0.369 e. The summed E-state index contributed by atoms with van der Waals surface area (Å²) >= 11 is 0. The molecule has 1 aliphatic rings. The number of amides is 3. The Labute approximate surface area is 127 Å². The summed E-state index contributed by atoms with van der Waals surface area (Å²) < 4.78 is 0. The Bertz CT molecular complexity index is 623. The first-order valence-electron chi connectivity index (χ1n) is 6.63. The van der Waals surface area contributed by atoms with Crippen molar-refractivity contribution in [1.29, 1.82) is 0 Å². The average molecular weight is 300 g/mol. The standard InChI is InChI=1S/C15H16N4O3/c20-13(6-5-11-3-1-7-16-9-11)17-8-2-4-12-10-18-15(22)19-14(12)21/h1-7,9-10,14,21H,8H2,(H,17,20)(H2,18,19,22)/b4-2+,6-5+. The highest BCUT2D eigenvalue weighted by Crippen LogP contribution is 2.04. The van der Waals surface area contributed by atoms with Crippen molar-refractivity contribution in [2.24, 2.45) is 0 Å². The van der Waals surface area contributed by atoms with Gasteiger partial charge in [0.2, 0.25) is 5.91 Å². The van der Waals surface area contributed by atoms with E-state index in [1.807, 2.05) is 6.07 Å². The van der Waals surface area contributed by atoms with Gasteiger partial charge in [0.25, 0.3) is 0 Å². The van der Waals surface area contributed by atoms with Gasteiger partial charge in [-0.3, -0.25) is 9.78 Å². The van der Waals surface area contributed by atoms with E-state index in [0.29, 0.717) is 12.1 Å². The van der Waals surface area contributed by atoms with E-state index < -0.39 is 12.3 Å². The van der Waals surface area contributed by atoms with E-state index in [4.69, 9.17) is 0 Å². The van der Waals surface area contributed by atoms with E-state index in [9.17, 15) is 14.7 Å². The van der Waals surface area contributed by atoms with Crippen LogP contribution in [0.5, 0.6) is 0 Å². The molecule has 114 valence electrons. The third kappa shape index (κ3) is 4.88. The lowest BCUT2D eigenvalue weighted by Gasteiger charge is -2.18. The van der Waals surface area contributed by atoms with E-state index in [1.54, 1.807) is 36.7 Å². The fraction of sp³-hybridized carbons (Fsp3) is 0.133. The molecule has 3 amide bonds. The van der Waals surface area contributed by atoms with Gasteiger partial charge in [-0.05, 0) is 17.7 Å². The van der Waals surface area contributed by atoms with Gasteiger partial charge in [0.05, 0.1) is 0 Å². The number of pyridine rings is 1. The molecule has 0 aromatic carbocycles. The third-order valence-electron chi connectivity index (χ3n) is 2.77. The monoisotopic (exact) mass is 300 g/mol. The van der Waals surface area contributed by atoms with Crippen molar-refractivity contribution in [1.82, 2.24) is 20.9 Å². The van der Waals surface area contributed by atoms with Crippen LogP contribution >= 0.6 is 0 Å². The largest absolute Gasteiger partial charge is 0.369 e. The number of aromatic nitrogens is 1. The Morgan fingerprint density at radius 1 is 1.45 bits per heavy atom. The topological polar surface area (TPSA) is 103 Å². The van der Waals surface area contributed by atoms with Crippen molar-refractivity contribution in [3.63, 3.8) is 0 Å². The summed E-state index contributed by atoms with van der Waals surface area (Å²) in [4.78, 5) is 26.4. The van der Waals surface area contributed by atoms with E-state index >= 15 is 0 Å². The highest BCUT2D eigenvalue weighted by molar-refractivity contribution is 5.91. The molecular formula is C15H16N4O3. The van der Waals surface area contributed by atoms with Crippen LogP contribution in [0.25, 0.3) is 6.08 Å². The van der Waals surface area contributed by atoms with E-state index in [2.05, 4.69) is 20.9 Å². The van der Waals surface area contributed by atoms with Gasteiger partial charge in [-0.2, -0.15) is 0 Å². The Morgan fingerprint density at radius 3 is 3.05 bits per heavy atom. The predicted octanol–water partition coefficient (Wildman–Crippen LogP) is 0.282. The van der Waals surface area contributed by atoms with Crippen LogP contribution in [0.4, 0.5) is 4.79 Å². The Kier molecular flexibility index (Phi) is 5.44. The number of carbonyl (C=O) groups is 2. The first-order valence-corrected chi connectivity index (χ1v) is 6.63. The van der Waals surface area contributed by atoms with Crippen LogP contribution in [0.1, 0.15) is 5.56 Å². The maximum atomic E-state index is 11.6. The highest BCUT2D eigenvalue weighted by Gasteiger charge is 2.15. The number of aliphatic hydroxyl groups excluding tert-OH is 1. The molecule has 2 rings (SSSR count). The highest BCUT2D eigenvalue weighted by atomic mass is 16.3. The number of urea groups is 1. The fourth-order valence-corrected chi connectivity index (χ4v) is 1.68.